The third kappa shape index (κ3) is 2.48. The second kappa shape index (κ2) is 6.22. The predicted molar refractivity (Wildman–Crippen MR) is 86.9 cm³/mol. The SMILES string of the molecule is C=CCN1C(=O)CC[C@]12CCCN(C(=O)c1ccoc1)[C@H]2CC. The number of carbonyl (C=O) groups excluding carboxylic acids is 2. The van der Waals surface area contributed by atoms with Crippen molar-refractivity contribution in [1.82, 2.24) is 9.80 Å². The Balaban J connectivity index is 1.94. The summed E-state index contributed by atoms with van der Waals surface area (Å²) < 4.78 is 5.06. The molecule has 0 radical (unpaired) electrons. The van der Waals surface area contributed by atoms with Crippen molar-refractivity contribution in [2.24, 2.45) is 0 Å². The van der Waals surface area contributed by atoms with Crippen molar-refractivity contribution in [2.45, 2.75) is 50.6 Å². The molecule has 2 saturated heterocycles. The van der Waals surface area contributed by atoms with Gasteiger partial charge in [-0.15, -0.1) is 6.58 Å². The van der Waals surface area contributed by atoms with Crippen LogP contribution < -0.4 is 0 Å². The summed E-state index contributed by atoms with van der Waals surface area (Å²) in [6.45, 7) is 7.19. The van der Waals surface area contributed by atoms with Crippen molar-refractivity contribution < 1.29 is 14.0 Å². The molecule has 23 heavy (non-hydrogen) atoms. The minimum Gasteiger partial charge on any atom is -0.472 e. The third-order valence-electron chi connectivity index (χ3n) is 5.34. The van der Waals surface area contributed by atoms with Gasteiger partial charge in [0.2, 0.25) is 5.91 Å². The lowest BCUT2D eigenvalue weighted by molar-refractivity contribution is -0.133. The fraction of sp³-hybridized carbons (Fsp3) is 0.556. The molecule has 0 N–H and O–H groups in total. The Kier molecular flexibility index (Phi) is 4.28. The Bertz CT molecular complexity index is 595. The summed E-state index contributed by atoms with van der Waals surface area (Å²) in [5.74, 6) is 0.184. The van der Waals surface area contributed by atoms with E-state index in [1.807, 2.05) is 9.80 Å². The van der Waals surface area contributed by atoms with Gasteiger partial charge < -0.3 is 14.2 Å². The summed E-state index contributed by atoms with van der Waals surface area (Å²) >= 11 is 0. The van der Waals surface area contributed by atoms with Gasteiger partial charge in [0.15, 0.2) is 0 Å². The second-order valence-corrected chi connectivity index (χ2v) is 6.43. The van der Waals surface area contributed by atoms with E-state index >= 15 is 0 Å². The van der Waals surface area contributed by atoms with Crippen LogP contribution in [0.25, 0.3) is 0 Å². The molecule has 3 heterocycles. The first-order valence-corrected chi connectivity index (χ1v) is 8.38. The van der Waals surface area contributed by atoms with Crippen molar-refractivity contribution in [3.05, 3.63) is 36.8 Å². The van der Waals surface area contributed by atoms with E-state index in [1.165, 1.54) is 12.5 Å². The molecule has 2 amide bonds. The summed E-state index contributed by atoms with van der Waals surface area (Å²) in [7, 11) is 0. The van der Waals surface area contributed by atoms with Crippen LogP contribution in [0.3, 0.4) is 0 Å². The first-order valence-electron chi connectivity index (χ1n) is 8.38. The maximum atomic E-state index is 12.9. The van der Waals surface area contributed by atoms with E-state index in [-0.39, 0.29) is 23.4 Å². The van der Waals surface area contributed by atoms with Crippen LogP contribution in [0.2, 0.25) is 0 Å². The number of furan rings is 1. The van der Waals surface area contributed by atoms with E-state index in [0.717, 1.165) is 32.2 Å². The average molecular weight is 316 g/mol. The molecule has 0 unspecified atom stereocenters. The molecule has 0 aromatic carbocycles. The fourth-order valence-corrected chi connectivity index (χ4v) is 4.42. The van der Waals surface area contributed by atoms with E-state index in [2.05, 4.69) is 13.5 Å². The normalized spacial score (nSPS) is 27.7. The number of piperidine rings is 1. The molecule has 5 heteroatoms. The Labute approximate surface area is 136 Å². The number of hydrogen-bond acceptors (Lipinski definition) is 3. The minimum atomic E-state index is -0.238. The number of rotatable bonds is 4. The van der Waals surface area contributed by atoms with Crippen molar-refractivity contribution in [2.75, 3.05) is 13.1 Å². The lowest BCUT2D eigenvalue weighted by Crippen LogP contribution is -2.64. The summed E-state index contributed by atoms with van der Waals surface area (Å²) in [5.41, 5.74) is 0.345. The predicted octanol–water partition coefficient (Wildman–Crippen LogP) is 2.84. The molecular weight excluding hydrogens is 292 g/mol. The van der Waals surface area contributed by atoms with Crippen LogP contribution in [0.4, 0.5) is 0 Å². The van der Waals surface area contributed by atoms with Gasteiger partial charge in [-0.2, -0.15) is 0 Å². The van der Waals surface area contributed by atoms with Gasteiger partial charge in [0.1, 0.15) is 6.26 Å². The summed E-state index contributed by atoms with van der Waals surface area (Å²) in [6, 6.07) is 1.75. The second-order valence-electron chi connectivity index (χ2n) is 6.43. The Morgan fingerprint density at radius 2 is 2.35 bits per heavy atom. The quantitative estimate of drug-likeness (QED) is 0.803. The Morgan fingerprint density at radius 1 is 1.52 bits per heavy atom. The van der Waals surface area contributed by atoms with Crippen LogP contribution in [0.15, 0.2) is 35.7 Å². The summed E-state index contributed by atoms with van der Waals surface area (Å²) in [5, 5.41) is 0. The summed E-state index contributed by atoms with van der Waals surface area (Å²) in [6.07, 6.45) is 8.92. The van der Waals surface area contributed by atoms with E-state index in [1.54, 1.807) is 12.1 Å². The number of amides is 2. The zero-order valence-electron chi connectivity index (χ0n) is 13.7. The van der Waals surface area contributed by atoms with Crippen molar-refractivity contribution in [3.63, 3.8) is 0 Å². The Hall–Kier alpha value is -2.04. The van der Waals surface area contributed by atoms with Gasteiger partial charge >= 0.3 is 0 Å². The first-order chi connectivity index (χ1) is 11.1. The highest BCUT2D eigenvalue weighted by Crippen LogP contribution is 2.43. The van der Waals surface area contributed by atoms with Crippen LogP contribution >= 0.6 is 0 Å². The molecule has 1 spiro atoms. The molecule has 2 aliphatic heterocycles. The van der Waals surface area contributed by atoms with Gasteiger partial charge in [-0.1, -0.05) is 13.0 Å². The Morgan fingerprint density at radius 3 is 3.00 bits per heavy atom. The van der Waals surface area contributed by atoms with Gasteiger partial charge in [0, 0.05) is 19.5 Å². The van der Waals surface area contributed by atoms with Gasteiger partial charge in [-0.05, 0) is 31.7 Å². The van der Waals surface area contributed by atoms with Gasteiger partial charge in [-0.3, -0.25) is 9.59 Å². The molecule has 0 aliphatic carbocycles. The molecule has 3 rings (SSSR count). The monoisotopic (exact) mass is 316 g/mol. The molecule has 2 atom stereocenters. The number of likely N-dealkylation sites (tertiary alicyclic amines) is 2. The van der Waals surface area contributed by atoms with E-state index < -0.39 is 0 Å². The zero-order valence-corrected chi connectivity index (χ0v) is 13.7. The van der Waals surface area contributed by atoms with Gasteiger partial charge in [0.25, 0.3) is 5.91 Å². The molecule has 2 fully saturated rings. The fourth-order valence-electron chi connectivity index (χ4n) is 4.42. The molecule has 0 saturated carbocycles. The zero-order chi connectivity index (χ0) is 16.4. The van der Waals surface area contributed by atoms with E-state index in [9.17, 15) is 9.59 Å². The number of nitrogens with zero attached hydrogens (tertiary/aromatic N) is 2. The third-order valence-corrected chi connectivity index (χ3v) is 5.34. The van der Waals surface area contributed by atoms with E-state index in [0.29, 0.717) is 18.5 Å². The molecule has 124 valence electrons. The summed E-state index contributed by atoms with van der Waals surface area (Å²) in [4.78, 5) is 29.1. The first kappa shape index (κ1) is 15.8. The van der Waals surface area contributed by atoms with Gasteiger partial charge in [0.05, 0.1) is 23.4 Å². The molecule has 1 aromatic heterocycles. The maximum Gasteiger partial charge on any atom is 0.257 e. The van der Waals surface area contributed by atoms with Crippen molar-refractivity contribution in [3.8, 4) is 0 Å². The average Bonchev–Trinajstić information content (AvgIpc) is 3.19. The number of carbonyl (C=O) groups is 2. The topological polar surface area (TPSA) is 53.8 Å². The maximum absolute atomic E-state index is 12.9. The lowest BCUT2D eigenvalue weighted by atomic mass is 9.77. The molecule has 1 aromatic rings. The van der Waals surface area contributed by atoms with Gasteiger partial charge in [-0.25, -0.2) is 0 Å². The van der Waals surface area contributed by atoms with E-state index in [4.69, 9.17) is 4.42 Å². The lowest BCUT2D eigenvalue weighted by Gasteiger charge is -2.52. The minimum absolute atomic E-state index is 0.00239. The smallest absolute Gasteiger partial charge is 0.257 e. The molecule has 5 nitrogen and oxygen atoms in total. The van der Waals surface area contributed by atoms with Crippen LogP contribution in [-0.2, 0) is 4.79 Å². The highest BCUT2D eigenvalue weighted by atomic mass is 16.3. The number of hydrogen-bond donors (Lipinski definition) is 0. The van der Waals surface area contributed by atoms with Crippen LogP contribution in [0.5, 0.6) is 0 Å². The molecule has 0 bridgehead atoms. The molecule has 2 aliphatic rings. The highest BCUT2D eigenvalue weighted by Gasteiger charge is 2.53. The standard InChI is InChI=1S/C18H24N2O3/c1-3-10-20-16(21)6-9-18(20)8-5-11-19(15(18)4-2)17(22)14-7-12-23-13-14/h3,7,12-13,15H,1,4-6,8-11H2,2H3/t15-,18-/m0/s1. The van der Waals surface area contributed by atoms with Crippen LogP contribution in [-0.4, -0.2) is 46.3 Å². The van der Waals surface area contributed by atoms with Crippen molar-refractivity contribution in [1.29, 1.82) is 0 Å². The largest absolute Gasteiger partial charge is 0.472 e. The highest BCUT2D eigenvalue weighted by molar-refractivity contribution is 5.94. The van der Waals surface area contributed by atoms with Crippen LogP contribution in [0.1, 0.15) is 49.4 Å². The molecular formula is C18H24N2O3. The van der Waals surface area contributed by atoms with Crippen molar-refractivity contribution >= 4 is 11.8 Å². The van der Waals surface area contributed by atoms with Crippen LogP contribution in [0, 0.1) is 0 Å².